The predicted molar refractivity (Wildman–Crippen MR) is 76.8 cm³/mol. The average Bonchev–Trinajstić information content (AvgIpc) is 2.90. The highest BCUT2D eigenvalue weighted by Gasteiger charge is 2.14. The van der Waals surface area contributed by atoms with Crippen molar-refractivity contribution >= 4 is 23.1 Å². The number of ketones is 1. The first kappa shape index (κ1) is 14.3. The number of benzene rings is 1. The summed E-state index contributed by atoms with van der Waals surface area (Å²) in [5, 5.41) is 10.5. The second-order valence-corrected chi connectivity index (χ2v) is 5.38. The lowest BCUT2D eigenvalue weighted by molar-refractivity contribution is -0.139. The summed E-state index contributed by atoms with van der Waals surface area (Å²) >= 11 is 1.40. The van der Waals surface area contributed by atoms with E-state index < -0.39 is 5.97 Å². The Hall–Kier alpha value is -2.14. The van der Waals surface area contributed by atoms with Gasteiger partial charge in [-0.2, -0.15) is 0 Å². The van der Waals surface area contributed by atoms with Crippen molar-refractivity contribution in [3.63, 3.8) is 0 Å². The topological polar surface area (TPSA) is 63.6 Å². The molecule has 1 aromatic heterocycles. The van der Waals surface area contributed by atoms with Gasteiger partial charge in [-0.1, -0.05) is 6.07 Å². The molecule has 0 saturated carbocycles. The molecule has 1 heterocycles. The molecular weight excluding hydrogens is 276 g/mol. The summed E-state index contributed by atoms with van der Waals surface area (Å²) in [6.45, 7) is 3.21. The lowest BCUT2D eigenvalue weighted by Gasteiger charge is -2.12. The summed E-state index contributed by atoms with van der Waals surface area (Å²) in [4.78, 5) is 23.5. The van der Waals surface area contributed by atoms with Crippen LogP contribution in [0.1, 0.15) is 26.4 Å². The van der Waals surface area contributed by atoms with Crippen LogP contribution in [-0.4, -0.2) is 23.5 Å². The number of carboxylic acid groups (broad SMARTS) is 1. The van der Waals surface area contributed by atoms with Gasteiger partial charge in [0.05, 0.1) is 4.88 Å². The predicted octanol–water partition coefficient (Wildman–Crippen LogP) is 3.06. The highest BCUT2D eigenvalue weighted by molar-refractivity contribution is 7.12. The minimum absolute atomic E-state index is 0.0315. The molecule has 0 atom stereocenters. The molecule has 1 aromatic carbocycles. The van der Waals surface area contributed by atoms with E-state index in [1.54, 1.807) is 32.0 Å². The number of rotatable bonds is 5. The van der Waals surface area contributed by atoms with Gasteiger partial charge in [0.25, 0.3) is 0 Å². The number of ether oxygens (including phenoxy) is 1. The number of aryl methyl sites for hydroxylation is 2. The molecule has 0 amide bonds. The molecular formula is C15H14O4S. The third-order valence-electron chi connectivity index (χ3n) is 2.81. The van der Waals surface area contributed by atoms with Crippen LogP contribution in [0.15, 0.2) is 29.6 Å². The Morgan fingerprint density at radius 2 is 1.90 bits per heavy atom. The third-order valence-corrected chi connectivity index (χ3v) is 3.68. The number of carboxylic acids is 1. The Morgan fingerprint density at radius 3 is 2.40 bits per heavy atom. The summed E-state index contributed by atoms with van der Waals surface area (Å²) in [7, 11) is 0. The summed E-state index contributed by atoms with van der Waals surface area (Å²) in [6.07, 6.45) is 0. The standard InChI is InChI=1S/C15H14O4S/c1-9-6-11(14(18)12-4-3-5-20-12)7-10(2)15(9)19-8-13(16)17/h3-7H,8H2,1-2H3,(H,16,17). The number of hydrogen-bond acceptors (Lipinski definition) is 4. The van der Waals surface area contributed by atoms with Crippen molar-refractivity contribution in [2.75, 3.05) is 6.61 Å². The van der Waals surface area contributed by atoms with Crippen molar-refractivity contribution in [2.24, 2.45) is 0 Å². The summed E-state index contributed by atoms with van der Waals surface area (Å²) in [5.41, 5.74) is 2.10. The molecule has 0 aliphatic rings. The smallest absolute Gasteiger partial charge is 0.341 e. The first-order valence-electron chi connectivity index (χ1n) is 6.03. The molecule has 0 radical (unpaired) electrons. The zero-order valence-corrected chi connectivity index (χ0v) is 12.0. The summed E-state index contributed by atoms with van der Waals surface area (Å²) in [5.74, 6) is -0.534. The minimum atomic E-state index is -1.03. The molecule has 0 saturated heterocycles. The van der Waals surface area contributed by atoms with E-state index in [0.29, 0.717) is 16.2 Å². The normalized spacial score (nSPS) is 10.3. The van der Waals surface area contributed by atoms with Gasteiger partial charge in [0.15, 0.2) is 6.61 Å². The van der Waals surface area contributed by atoms with Crippen LogP contribution < -0.4 is 4.74 Å². The van der Waals surface area contributed by atoms with Crippen molar-refractivity contribution in [3.05, 3.63) is 51.2 Å². The van der Waals surface area contributed by atoms with Gasteiger partial charge in [-0.05, 0) is 48.6 Å². The zero-order chi connectivity index (χ0) is 14.7. The van der Waals surface area contributed by atoms with E-state index in [1.807, 2.05) is 11.4 Å². The zero-order valence-electron chi connectivity index (χ0n) is 11.2. The van der Waals surface area contributed by atoms with Crippen LogP contribution in [-0.2, 0) is 4.79 Å². The number of aliphatic carboxylic acids is 1. The number of hydrogen-bond donors (Lipinski definition) is 1. The van der Waals surface area contributed by atoms with Crippen LogP contribution in [0.3, 0.4) is 0 Å². The summed E-state index contributed by atoms with van der Waals surface area (Å²) in [6, 6.07) is 7.08. The van der Waals surface area contributed by atoms with E-state index in [0.717, 1.165) is 11.1 Å². The van der Waals surface area contributed by atoms with Gasteiger partial charge in [0.2, 0.25) is 5.78 Å². The van der Waals surface area contributed by atoms with Gasteiger partial charge >= 0.3 is 5.97 Å². The van der Waals surface area contributed by atoms with Crippen molar-refractivity contribution in [1.82, 2.24) is 0 Å². The Labute approximate surface area is 120 Å². The van der Waals surface area contributed by atoms with Gasteiger partial charge in [-0.15, -0.1) is 11.3 Å². The molecule has 1 N–H and O–H groups in total. The Bertz CT molecular complexity index is 621. The lowest BCUT2D eigenvalue weighted by Crippen LogP contribution is -2.11. The van der Waals surface area contributed by atoms with Crippen LogP contribution in [0, 0.1) is 13.8 Å². The van der Waals surface area contributed by atoms with Gasteiger partial charge in [0.1, 0.15) is 5.75 Å². The summed E-state index contributed by atoms with van der Waals surface area (Å²) < 4.78 is 5.25. The fourth-order valence-electron chi connectivity index (χ4n) is 1.99. The van der Waals surface area contributed by atoms with Crippen LogP contribution in [0.25, 0.3) is 0 Å². The van der Waals surface area contributed by atoms with E-state index >= 15 is 0 Å². The fraction of sp³-hybridized carbons (Fsp3) is 0.200. The lowest BCUT2D eigenvalue weighted by atomic mass is 10.0. The van der Waals surface area contributed by atoms with E-state index in [9.17, 15) is 9.59 Å². The fourth-order valence-corrected chi connectivity index (χ4v) is 2.68. The number of carbonyl (C=O) groups is 2. The maximum absolute atomic E-state index is 12.3. The maximum Gasteiger partial charge on any atom is 0.341 e. The molecule has 104 valence electrons. The molecule has 2 rings (SSSR count). The Kier molecular flexibility index (Phi) is 4.20. The van der Waals surface area contributed by atoms with Gasteiger partial charge in [-0.3, -0.25) is 4.79 Å². The van der Waals surface area contributed by atoms with Crippen LogP contribution in [0.2, 0.25) is 0 Å². The largest absolute Gasteiger partial charge is 0.481 e. The minimum Gasteiger partial charge on any atom is -0.481 e. The van der Waals surface area contributed by atoms with Gasteiger partial charge in [0, 0.05) is 5.56 Å². The first-order valence-corrected chi connectivity index (χ1v) is 6.91. The molecule has 0 unspecified atom stereocenters. The molecule has 0 spiro atoms. The van der Waals surface area contributed by atoms with E-state index in [2.05, 4.69) is 0 Å². The molecule has 4 nitrogen and oxygen atoms in total. The van der Waals surface area contributed by atoms with Crippen molar-refractivity contribution in [1.29, 1.82) is 0 Å². The average molecular weight is 290 g/mol. The maximum atomic E-state index is 12.3. The molecule has 0 aliphatic heterocycles. The van der Waals surface area contributed by atoms with Crippen LogP contribution >= 0.6 is 11.3 Å². The number of thiophene rings is 1. The molecule has 0 bridgehead atoms. The highest BCUT2D eigenvalue weighted by Crippen LogP contribution is 2.26. The molecule has 5 heteroatoms. The van der Waals surface area contributed by atoms with E-state index in [1.165, 1.54) is 11.3 Å². The second-order valence-electron chi connectivity index (χ2n) is 4.43. The van der Waals surface area contributed by atoms with Crippen molar-refractivity contribution in [2.45, 2.75) is 13.8 Å². The second kappa shape index (κ2) is 5.88. The Morgan fingerprint density at radius 1 is 1.25 bits per heavy atom. The van der Waals surface area contributed by atoms with Crippen molar-refractivity contribution < 1.29 is 19.4 Å². The van der Waals surface area contributed by atoms with Crippen LogP contribution in [0.5, 0.6) is 5.75 Å². The molecule has 2 aromatic rings. The van der Waals surface area contributed by atoms with Gasteiger partial charge in [-0.25, -0.2) is 4.79 Å². The van der Waals surface area contributed by atoms with Crippen LogP contribution in [0.4, 0.5) is 0 Å². The first-order chi connectivity index (χ1) is 9.49. The molecule has 20 heavy (non-hydrogen) atoms. The molecule has 0 fully saturated rings. The third kappa shape index (κ3) is 3.05. The SMILES string of the molecule is Cc1cc(C(=O)c2cccs2)cc(C)c1OCC(=O)O. The number of carbonyl (C=O) groups excluding carboxylic acids is 1. The van der Waals surface area contributed by atoms with E-state index in [-0.39, 0.29) is 12.4 Å². The quantitative estimate of drug-likeness (QED) is 0.860. The highest BCUT2D eigenvalue weighted by atomic mass is 32.1. The van der Waals surface area contributed by atoms with Gasteiger partial charge < -0.3 is 9.84 Å². The van der Waals surface area contributed by atoms with Crippen molar-refractivity contribution in [3.8, 4) is 5.75 Å². The molecule has 0 aliphatic carbocycles. The Balaban J connectivity index is 2.30. The monoisotopic (exact) mass is 290 g/mol. The van der Waals surface area contributed by atoms with E-state index in [4.69, 9.17) is 9.84 Å².